The van der Waals surface area contributed by atoms with Crippen LogP contribution in [0, 0.1) is 5.92 Å². The summed E-state index contributed by atoms with van der Waals surface area (Å²) in [7, 11) is 3.69. The van der Waals surface area contributed by atoms with Gasteiger partial charge in [0.25, 0.3) is 0 Å². The van der Waals surface area contributed by atoms with Crippen molar-refractivity contribution in [2.45, 2.75) is 43.7 Å². The fourth-order valence-electron chi connectivity index (χ4n) is 4.84. The number of ether oxygens (including phenoxy) is 1. The Balaban J connectivity index is 1.40. The molecule has 2 amide bonds. The van der Waals surface area contributed by atoms with Gasteiger partial charge >= 0.3 is 12.1 Å². The van der Waals surface area contributed by atoms with Gasteiger partial charge in [0.05, 0.1) is 0 Å². The molecule has 2 aromatic rings. The maximum atomic E-state index is 13.0. The summed E-state index contributed by atoms with van der Waals surface area (Å²) < 4.78 is 5.62. The van der Waals surface area contributed by atoms with E-state index in [1.165, 1.54) is 0 Å². The van der Waals surface area contributed by atoms with Gasteiger partial charge in [-0.15, -0.1) is 0 Å². The Morgan fingerprint density at radius 1 is 1.00 bits per heavy atom. The monoisotopic (exact) mass is 479 g/mol. The summed E-state index contributed by atoms with van der Waals surface area (Å²) >= 11 is 0. The molecule has 0 aromatic heterocycles. The van der Waals surface area contributed by atoms with E-state index in [-0.39, 0.29) is 24.9 Å². The van der Waals surface area contributed by atoms with E-state index in [0.29, 0.717) is 6.54 Å². The first-order chi connectivity index (χ1) is 16.8. The SMILES string of the molecule is CN(C)CCC(NC(=O)C(NC(=O)OCC1c2ccccc2-c2ccccc21)C1CCC1)C(=O)O. The average Bonchev–Trinajstić information content (AvgIpc) is 3.12. The van der Waals surface area contributed by atoms with E-state index < -0.39 is 30.1 Å². The number of amides is 2. The highest BCUT2D eigenvalue weighted by molar-refractivity contribution is 5.89. The number of hydrogen-bond donors (Lipinski definition) is 3. The predicted molar refractivity (Wildman–Crippen MR) is 132 cm³/mol. The van der Waals surface area contributed by atoms with Gasteiger partial charge in [0.15, 0.2) is 0 Å². The molecule has 4 rings (SSSR count). The molecule has 0 aliphatic heterocycles. The highest BCUT2D eigenvalue weighted by Gasteiger charge is 2.36. The third-order valence-corrected chi connectivity index (χ3v) is 7.00. The number of fused-ring (bicyclic) bond motifs is 3. The van der Waals surface area contributed by atoms with Gasteiger partial charge in [-0.05, 0) is 61.5 Å². The maximum Gasteiger partial charge on any atom is 0.407 e. The molecule has 2 unspecified atom stereocenters. The molecular formula is C27H33N3O5. The standard InChI is InChI=1S/C27H33N3O5/c1-30(2)15-14-23(26(32)33)28-25(31)24(17-8-7-9-17)29-27(34)35-16-22-20-12-5-3-10-18(20)19-11-4-6-13-21(19)22/h3-6,10-13,17,22-24H,7-9,14-16H2,1-2H3,(H,28,31)(H,29,34)(H,32,33). The third-order valence-electron chi connectivity index (χ3n) is 7.00. The lowest BCUT2D eigenvalue weighted by Gasteiger charge is -2.33. The number of carboxylic acid groups (broad SMARTS) is 1. The maximum absolute atomic E-state index is 13.0. The van der Waals surface area contributed by atoms with Crippen molar-refractivity contribution in [3.8, 4) is 11.1 Å². The first-order valence-corrected chi connectivity index (χ1v) is 12.1. The number of carbonyl (C=O) groups excluding carboxylic acids is 2. The van der Waals surface area contributed by atoms with Gasteiger partial charge in [-0.3, -0.25) is 4.79 Å². The van der Waals surface area contributed by atoms with Gasteiger partial charge in [0, 0.05) is 12.5 Å². The zero-order valence-corrected chi connectivity index (χ0v) is 20.2. The topological polar surface area (TPSA) is 108 Å². The first kappa shape index (κ1) is 24.7. The molecule has 1 saturated carbocycles. The minimum atomic E-state index is -1.09. The van der Waals surface area contributed by atoms with Crippen LogP contribution in [0.4, 0.5) is 4.79 Å². The van der Waals surface area contributed by atoms with Crippen molar-refractivity contribution in [2.24, 2.45) is 5.92 Å². The Morgan fingerprint density at radius 2 is 1.60 bits per heavy atom. The molecule has 35 heavy (non-hydrogen) atoms. The van der Waals surface area contributed by atoms with Crippen LogP contribution in [0.3, 0.4) is 0 Å². The van der Waals surface area contributed by atoms with Gasteiger partial charge < -0.3 is 25.4 Å². The van der Waals surface area contributed by atoms with Crippen LogP contribution in [-0.4, -0.2) is 67.3 Å². The van der Waals surface area contributed by atoms with E-state index in [9.17, 15) is 19.5 Å². The summed E-state index contributed by atoms with van der Waals surface area (Å²) in [5, 5.41) is 14.9. The number of rotatable bonds is 10. The summed E-state index contributed by atoms with van der Waals surface area (Å²) in [5.74, 6) is -1.67. The number of carbonyl (C=O) groups is 3. The number of alkyl carbamates (subject to hydrolysis) is 1. The van der Waals surface area contributed by atoms with Crippen molar-refractivity contribution in [3.63, 3.8) is 0 Å². The van der Waals surface area contributed by atoms with Crippen LogP contribution < -0.4 is 10.6 Å². The number of carboxylic acids is 1. The number of hydrogen-bond acceptors (Lipinski definition) is 5. The minimum Gasteiger partial charge on any atom is -0.480 e. The largest absolute Gasteiger partial charge is 0.480 e. The third kappa shape index (κ3) is 5.65. The number of nitrogens with zero attached hydrogens (tertiary/aromatic N) is 1. The molecule has 2 atom stereocenters. The molecule has 3 N–H and O–H groups in total. The molecule has 2 aromatic carbocycles. The normalized spacial score (nSPS) is 16.5. The number of benzene rings is 2. The second-order valence-corrected chi connectivity index (χ2v) is 9.63. The van der Waals surface area contributed by atoms with E-state index in [2.05, 4.69) is 22.8 Å². The van der Waals surface area contributed by atoms with E-state index in [0.717, 1.165) is 41.5 Å². The fraction of sp³-hybridized carbons (Fsp3) is 0.444. The van der Waals surface area contributed by atoms with Gasteiger partial charge in [-0.2, -0.15) is 0 Å². The number of nitrogens with one attached hydrogen (secondary N) is 2. The summed E-state index contributed by atoms with van der Waals surface area (Å²) in [6.45, 7) is 0.671. The Bertz CT molecular complexity index is 1040. The quantitative estimate of drug-likeness (QED) is 0.483. The molecule has 0 saturated heterocycles. The highest BCUT2D eigenvalue weighted by Crippen LogP contribution is 2.44. The van der Waals surface area contributed by atoms with Crippen LogP contribution in [0.25, 0.3) is 11.1 Å². The molecule has 186 valence electrons. The minimum absolute atomic E-state index is 0.0289. The van der Waals surface area contributed by atoms with Crippen molar-refractivity contribution in [3.05, 3.63) is 59.7 Å². The molecule has 8 heteroatoms. The van der Waals surface area contributed by atoms with Crippen LogP contribution in [0.15, 0.2) is 48.5 Å². The molecule has 0 radical (unpaired) electrons. The molecule has 0 spiro atoms. The van der Waals surface area contributed by atoms with Crippen LogP contribution in [-0.2, 0) is 14.3 Å². The van der Waals surface area contributed by atoms with Crippen molar-refractivity contribution < 1.29 is 24.2 Å². The highest BCUT2D eigenvalue weighted by atomic mass is 16.5. The van der Waals surface area contributed by atoms with Crippen molar-refractivity contribution in [1.82, 2.24) is 15.5 Å². The van der Waals surface area contributed by atoms with Gasteiger partial charge in [-0.1, -0.05) is 55.0 Å². The summed E-state index contributed by atoms with van der Waals surface area (Å²) in [6, 6.07) is 14.3. The summed E-state index contributed by atoms with van der Waals surface area (Å²) in [6.07, 6.45) is 2.19. The molecule has 2 aliphatic carbocycles. The number of aliphatic carboxylic acids is 1. The fourth-order valence-corrected chi connectivity index (χ4v) is 4.84. The van der Waals surface area contributed by atoms with Crippen LogP contribution in [0.5, 0.6) is 0 Å². The zero-order valence-electron chi connectivity index (χ0n) is 20.2. The van der Waals surface area contributed by atoms with E-state index >= 15 is 0 Å². The lowest BCUT2D eigenvalue weighted by molar-refractivity contribution is -0.142. The summed E-state index contributed by atoms with van der Waals surface area (Å²) in [5.41, 5.74) is 4.50. The average molecular weight is 480 g/mol. The van der Waals surface area contributed by atoms with Crippen molar-refractivity contribution >= 4 is 18.0 Å². The lowest BCUT2D eigenvalue weighted by Crippen LogP contribution is -2.56. The second-order valence-electron chi connectivity index (χ2n) is 9.63. The Labute approximate surface area is 205 Å². The van der Waals surface area contributed by atoms with E-state index in [1.54, 1.807) is 0 Å². The van der Waals surface area contributed by atoms with E-state index in [1.807, 2.05) is 55.4 Å². The molecule has 0 heterocycles. The second kappa shape index (κ2) is 10.9. The molecule has 8 nitrogen and oxygen atoms in total. The molecule has 1 fully saturated rings. The van der Waals surface area contributed by atoms with Gasteiger partial charge in [-0.25, -0.2) is 9.59 Å². The van der Waals surface area contributed by atoms with Gasteiger partial charge in [0.2, 0.25) is 5.91 Å². The van der Waals surface area contributed by atoms with Crippen molar-refractivity contribution in [1.29, 1.82) is 0 Å². The van der Waals surface area contributed by atoms with Gasteiger partial charge in [0.1, 0.15) is 18.7 Å². The molecular weight excluding hydrogens is 446 g/mol. The molecule has 2 aliphatic rings. The smallest absolute Gasteiger partial charge is 0.407 e. The Hall–Kier alpha value is -3.39. The lowest BCUT2D eigenvalue weighted by atomic mass is 9.79. The molecule has 0 bridgehead atoms. The van der Waals surface area contributed by atoms with Crippen LogP contribution in [0.2, 0.25) is 0 Å². The predicted octanol–water partition coefficient (Wildman–Crippen LogP) is 3.21. The van der Waals surface area contributed by atoms with Crippen LogP contribution in [0.1, 0.15) is 42.7 Å². The first-order valence-electron chi connectivity index (χ1n) is 12.1. The van der Waals surface area contributed by atoms with E-state index in [4.69, 9.17) is 4.74 Å². The zero-order chi connectivity index (χ0) is 24.9. The van der Waals surface area contributed by atoms with Crippen LogP contribution >= 0.6 is 0 Å². The van der Waals surface area contributed by atoms with Crippen molar-refractivity contribution in [2.75, 3.05) is 27.2 Å². The Kier molecular flexibility index (Phi) is 7.70. The Morgan fingerprint density at radius 3 is 2.11 bits per heavy atom. The summed E-state index contributed by atoms with van der Waals surface area (Å²) in [4.78, 5) is 39.3.